The van der Waals surface area contributed by atoms with Gasteiger partial charge >= 0.3 is 0 Å². The minimum atomic E-state index is -0.951. The molecule has 1 amide bonds. The largest absolute Gasteiger partial charge is 0.507 e. The molecule has 1 unspecified atom stereocenters. The molecular weight excluding hydrogens is 422 g/mol. The second-order valence-electron chi connectivity index (χ2n) is 6.92. The fourth-order valence-electron chi connectivity index (χ4n) is 3.64. The molecule has 1 aromatic heterocycles. The predicted octanol–water partition coefficient (Wildman–Crippen LogP) is 4.27. The van der Waals surface area contributed by atoms with E-state index in [9.17, 15) is 19.8 Å². The minimum Gasteiger partial charge on any atom is -0.507 e. The van der Waals surface area contributed by atoms with E-state index in [2.05, 4.69) is 0 Å². The quantitative estimate of drug-likeness (QED) is 0.350. The molecular formula is C23H18ClNO6. The zero-order valence-corrected chi connectivity index (χ0v) is 17.2. The number of ketones is 1. The van der Waals surface area contributed by atoms with Crippen LogP contribution in [0.3, 0.4) is 0 Å². The summed E-state index contributed by atoms with van der Waals surface area (Å²) >= 11 is 6.09. The lowest BCUT2D eigenvalue weighted by Crippen LogP contribution is -2.29. The van der Waals surface area contributed by atoms with Crippen molar-refractivity contribution in [2.24, 2.45) is 0 Å². The summed E-state index contributed by atoms with van der Waals surface area (Å²) in [7, 11) is 1.44. The van der Waals surface area contributed by atoms with E-state index in [1.165, 1.54) is 30.4 Å². The normalized spacial score (nSPS) is 17.9. The Balaban J connectivity index is 1.92. The Hall–Kier alpha value is -3.71. The van der Waals surface area contributed by atoms with Gasteiger partial charge in [-0.15, -0.1) is 0 Å². The maximum Gasteiger partial charge on any atom is 0.296 e. The van der Waals surface area contributed by atoms with Crippen LogP contribution in [0.5, 0.6) is 11.5 Å². The number of methoxy groups -OCH3 is 1. The average Bonchev–Trinajstić information content (AvgIpc) is 3.37. The first-order chi connectivity index (χ1) is 14.9. The first-order valence-electron chi connectivity index (χ1n) is 9.35. The highest BCUT2D eigenvalue weighted by molar-refractivity contribution is 6.46. The number of carbonyl (C=O) groups is 2. The Morgan fingerprint density at radius 3 is 2.61 bits per heavy atom. The molecule has 8 heteroatoms. The van der Waals surface area contributed by atoms with E-state index in [-0.39, 0.29) is 34.2 Å². The zero-order chi connectivity index (χ0) is 22.1. The number of ether oxygens (including phenoxy) is 1. The predicted molar refractivity (Wildman–Crippen MR) is 113 cm³/mol. The first kappa shape index (κ1) is 20.6. The maximum atomic E-state index is 13.0. The van der Waals surface area contributed by atoms with E-state index in [1.54, 1.807) is 42.5 Å². The highest BCUT2D eigenvalue weighted by Gasteiger charge is 2.46. The van der Waals surface area contributed by atoms with Crippen molar-refractivity contribution in [1.82, 2.24) is 4.90 Å². The van der Waals surface area contributed by atoms with Crippen LogP contribution in [-0.4, -0.2) is 33.9 Å². The SMILES string of the molecule is COc1ccccc1/C(O)=C1/C(=O)C(=O)N(Cc2ccco2)C1c1ccc(O)c(Cl)c1. The number of phenolic OH excluding ortho intramolecular Hbond substituents is 1. The van der Waals surface area contributed by atoms with E-state index in [0.29, 0.717) is 17.1 Å². The second-order valence-corrected chi connectivity index (χ2v) is 7.32. The number of aliphatic hydroxyl groups is 1. The van der Waals surface area contributed by atoms with Crippen molar-refractivity contribution in [2.45, 2.75) is 12.6 Å². The molecule has 1 aliphatic heterocycles. The summed E-state index contributed by atoms with van der Waals surface area (Å²) in [6.45, 7) is 0.00341. The van der Waals surface area contributed by atoms with Crippen LogP contribution in [0.25, 0.3) is 5.76 Å². The lowest BCUT2D eigenvalue weighted by Gasteiger charge is -2.25. The number of aliphatic hydroxyl groups excluding tert-OH is 1. The fourth-order valence-corrected chi connectivity index (χ4v) is 3.83. The van der Waals surface area contributed by atoms with Gasteiger partial charge in [0.15, 0.2) is 0 Å². The minimum absolute atomic E-state index is 0.00341. The molecule has 0 aliphatic carbocycles. The molecule has 3 aromatic rings. The van der Waals surface area contributed by atoms with E-state index in [1.807, 2.05) is 0 Å². The number of para-hydroxylation sites is 1. The van der Waals surface area contributed by atoms with Crippen LogP contribution in [0, 0.1) is 0 Å². The van der Waals surface area contributed by atoms with Gasteiger partial charge in [0, 0.05) is 0 Å². The molecule has 1 saturated heterocycles. The van der Waals surface area contributed by atoms with Gasteiger partial charge in [-0.3, -0.25) is 9.59 Å². The smallest absolute Gasteiger partial charge is 0.296 e. The third-order valence-corrected chi connectivity index (χ3v) is 5.40. The Morgan fingerprint density at radius 1 is 1.16 bits per heavy atom. The van der Waals surface area contributed by atoms with Crippen molar-refractivity contribution in [2.75, 3.05) is 7.11 Å². The van der Waals surface area contributed by atoms with Crippen LogP contribution >= 0.6 is 11.6 Å². The molecule has 158 valence electrons. The number of hydrogen-bond donors (Lipinski definition) is 2. The van der Waals surface area contributed by atoms with E-state index in [0.717, 1.165) is 0 Å². The third kappa shape index (κ3) is 3.64. The topological polar surface area (TPSA) is 100 Å². The van der Waals surface area contributed by atoms with Crippen molar-refractivity contribution in [3.05, 3.63) is 88.3 Å². The second kappa shape index (κ2) is 8.20. The van der Waals surface area contributed by atoms with Gasteiger partial charge in [0.1, 0.15) is 23.0 Å². The molecule has 31 heavy (non-hydrogen) atoms. The van der Waals surface area contributed by atoms with Crippen molar-refractivity contribution in [1.29, 1.82) is 0 Å². The lowest BCUT2D eigenvalue weighted by atomic mass is 9.95. The number of phenols is 1. The summed E-state index contributed by atoms with van der Waals surface area (Å²) in [6.07, 6.45) is 1.47. The number of halogens is 1. The Bertz CT molecular complexity index is 1180. The number of hydrogen-bond acceptors (Lipinski definition) is 6. The van der Waals surface area contributed by atoms with Gasteiger partial charge in [-0.05, 0) is 42.0 Å². The summed E-state index contributed by atoms with van der Waals surface area (Å²) in [5, 5.41) is 21.0. The average molecular weight is 440 g/mol. The number of benzene rings is 2. The van der Waals surface area contributed by atoms with E-state index < -0.39 is 17.7 Å². The number of carbonyl (C=O) groups excluding carboxylic acids is 2. The molecule has 7 nitrogen and oxygen atoms in total. The van der Waals surface area contributed by atoms with Gasteiger partial charge in [-0.2, -0.15) is 0 Å². The molecule has 2 heterocycles. The summed E-state index contributed by atoms with van der Waals surface area (Å²) in [5.41, 5.74) is 0.615. The molecule has 0 saturated carbocycles. The third-order valence-electron chi connectivity index (χ3n) is 5.10. The van der Waals surface area contributed by atoms with Crippen LogP contribution < -0.4 is 4.74 Å². The molecule has 0 radical (unpaired) electrons. The van der Waals surface area contributed by atoms with Crippen LogP contribution in [0.15, 0.2) is 70.9 Å². The van der Waals surface area contributed by atoms with Gasteiger partial charge in [0.05, 0.1) is 42.1 Å². The molecule has 4 rings (SSSR count). The summed E-state index contributed by atoms with van der Waals surface area (Å²) in [5.74, 6) is -1.33. The van der Waals surface area contributed by atoms with Gasteiger partial charge in [0.25, 0.3) is 11.7 Å². The summed E-state index contributed by atoms with van der Waals surface area (Å²) < 4.78 is 10.7. The number of furan rings is 1. The summed E-state index contributed by atoms with van der Waals surface area (Å²) in [6, 6.07) is 13.4. The highest BCUT2D eigenvalue weighted by Crippen LogP contribution is 2.43. The number of aromatic hydroxyl groups is 1. The Labute approximate surface area is 182 Å². The lowest BCUT2D eigenvalue weighted by molar-refractivity contribution is -0.140. The van der Waals surface area contributed by atoms with Crippen LogP contribution in [0.4, 0.5) is 0 Å². The van der Waals surface area contributed by atoms with Gasteiger partial charge in [-0.25, -0.2) is 0 Å². The molecule has 2 N–H and O–H groups in total. The van der Waals surface area contributed by atoms with Gasteiger partial charge in [0.2, 0.25) is 0 Å². The molecule has 0 bridgehead atoms. The summed E-state index contributed by atoms with van der Waals surface area (Å²) in [4.78, 5) is 27.3. The zero-order valence-electron chi connectivity index (χ0n) is 16.4. The molecule has 0 spiro atoms. The Morgan fingerprint density at radius 2 is 1.94 bits per heavy atom. The molecule has 1 atom stereocenters. The van der Waals surface area contributed by atoms with Crippen LogP contribution in [0.1, 0.15) is 22.9 Å². The van der Waals surface area contributed by atoms with E-state index >= 15 is 0 Å². The Kier molecular flexibility index (Phi) is 5.44. The fraction of sp³-hybridized carbons (Fsp3) is 0.130. The number of likely N-dealkylation sites (tertiary alicyclic amines) is 1. The van der Waals surface area contributed by atoms with Gasteiger partial charge < -0.3 is 24.3 Å². The molecule has 1 fully saturated rings. The van der Waals surface area contributed by atoms with Crippen molar-refractivity contribution in [3.63, 3.8) is 0 Å². The van der Waals surface area contributed by atoms with Crippen molar-refractivity contribution >= 4 is 29.1 Å². The van der Waals surface area contributed by atoms with Crippen LogP contribution in [0.2, 0.25) is 5.02 Å². The molecule has 2 aromatic carbocycles. The monoisotopic (exact) mass is 439 g/mol. The van der Waals surface area contributed by atoms with Crippen molar-refractivity contribution < 1.29 is 29.0 Å². The maximum absolute atomic E-state index is 13.0. The molecule has 1 aliphatic rings. The number of nitrogens with zero attached hydrogens (tertiary/aromatic N) is 1. The number of amides is 1. The van der Waals surface area contributed by atoms with Crippen molar-refractivity contribution in [3.8, 4) is 11.5 Å². The standard InChI is InChI=1S/C23H18ClNO6/c1-30-18-7-3-2-6-15(18)21(27)19-20(13-8-9-17(26)16(24)11-13)25(23(29)22(19)28)12-14-5-4-10-31-14/h2-11,20,26-27H,12H2,1H3/b21-19-. The first-order valence-corrected chi connectivity index (χ1v) is 9.72. The number of rotatable bonds is 5. The van der Waals surface area contributed by atoms with Crippen LogP contribution in [-0.2, 0) is 16.1 Å². The van der Waals surface area contributed by atoms with Gasteiger partial charge in [-0.1, -0.05) is 29.8 Å². The van der Waals surface area contributed by atoms with E-state index in [4.69, 9.17) is 20.8 Å². The number of Topliss-reactive ketones (excluding diaryl/α,β-unsaturated/α-hetero) is 1. The highest BCUT2D eigenvalue weighted by atomic mass is 35.5.